The van der Waals surface area contributed by atoms with Crippen molar-refractivity contribution < 1.29 is 8.73 Å². The average molecular weight is 327 g/mol. The lowest BCUT2D eigenvalue weighted by molar-refractivity contribution is 0.394. The minimum atomic E-state index is -0.943. The zero-order valence-electron chi connectivity index (χ0n) is 12.9. The average Bonchev–Trinajstić information content (AvgIpc) is 3.00. The summed E-state index contributed by atoms with van der Waals surface area (Å²) in [7, 11) is -0.943. The van der Waals surface area contributed by atoms with Crippen molar-refractivity contribution in [2.24, 2.45) is 0 Å². The molecule has 0 spiro atoms. The molecule has 0 saturated heterocycles. The highest BCUT2D eigenvalue weighted by molar-refractivity contribution is 7.84. The van der Waals surface area contributed by atoms with Gasteiger partial charge in [-0.25, -0.2) is 0 Å². The summed E-state index contributed by atoms with van der Waals surface area (Å²) in [6.45, 7) is 2.46. The second-order valence-electron chi connectivity index (χ2n) is 5.17. The maximum atomic E-state index is 11.4. The molecule has 6 heteroatoms. The molecular weight excluding hydrogens is 310 g/mol. The molecule has 2 aromatic carbocycles. The summed E-state index contributed by atoms with van der Waals surface area (Å²) in [6.07, 6.45) is 1.68. The summed E-state index contributed by atoms with van der Waals surface area (Å²) < 4.78 is 16.4. The van der Waals surface area contributed by atoms with Gasteiger partial charge in [0.05, 0.1) is 0 Å². The maximum Gasteiger partial charge on any atom is 0.223 e. The second kappa shape index (κ2) is 6.75. The number of rotatable bonds is 5. The molecule has 1 atom stereocenters. The van der Waals surface area contributed by atoms with Crippen LogP contribution in [0.25, 0.3) is 11.4 Å². The highest BCUT2D eigenvalue weighted by atomic mass is 32.2. The molecule has 118 valence electrons. The summed E-state index contributed by atoms with van der Waals surface area (Å²) in [6, 6.07) is 15.6. The Morgan fingerprint density at radius 3 is 2.61 bits per heavy atom. The van der Waals surface area contributed by atoms with Crippen LogP contribution in [0.15, 0.2) is 57.9 Å². The Kier molecular flexibility index (Phi) is 4.52. The van der Waals surface area contributed by atoms with Gasteiger partial charge in [-0.05, 0) is 29.8 Å². The van der Waals surface area contributed by atoms with Crippen LogP contribution in [0.3, 0.4) is 0 Å². The third kappa shape index (κ3) is 3.84. The van der Waals surface area contributed by atoms with Crippen molar-refractivity contribution in [2.45, 2.75) is 18.4 Å². The molecule has 1 N–H and O–H groups in total. The fourth-order valence-electron chi connectivity index (χ4n) is 2.19. The molecule has 0 fully saturated rings. The molecule has 0 saturated carbocycles. The quantitative estimate of drug-likeness (QED) is 0.778. The van der Waals surface area contributed by atoms with E-state index in [1.54, 1.807) is 13.2 Å². The van der Waals surface area contributed by atoms with Crippen molar-refractivity contribution in [3.05, 3.63) is 60.0 Å². The molecule has 5 nitrogen and oxygen atoms in total. The van der Waals surface area contributed by atoms with Crippen LogP contribution in [0.1, 0.15) is 11.5 Å². The zero-order valence-corrected chi connectivity index (χ0v) is 13.8. The van der Waals surface area contributed by atoms with Gasteiger partial charge in [-0.1, -0.05) is 29.4 Å². The Labute approximate surface area is 137 Å². The predicted molar refractivity (Wildman–Crippen MR) is 90.6 cm³/mol. The van der Waals surface area contributed by atoms with Crippen molar-refractivity contribution in [3.8, 4) is 11.4 Å². The highest BCUT2D eigenvalue weighted by Gasteiger charge is 2.06. The summed E-state index contributed by atoms with van der Waals surface area (Å²) in [5, 5.41) is 7.29. The van der Waals surface area contributed by atoms with Gasteiger partial charge in [0.15, 0.2) is 0 Å². The molecule has 23 heavy (non-hydrogen) atoms. The van der Waals surface area contributed by atoms with Gasteiger partial charge in [-0.2, -0.15) is 4.98 Å². The van der Waals surface area contributed by atoms with Crippen molar-refractivity contribution in [1.82, 2.24) is 10.1 Å². The zero-order chi connectivity index (χ0) is 16.2. The van der Waals surface area contributed by atoms with Crippen molar-refractivity contribution in [1.29, 1.82) is 0 Å². The lowest BCUT2D eigenvalue weighted by Crippen LogP contribution is -2.00. The van der Waals surface area contributed by atoms with E-state index in [0.717, 1.165) is 21.7 Å². The standard InChI is InChI=1S/C17H17N3O2S/c1-12-19-17(20-22-12)14-4-3-5-15(10-14)18-11-13-6-8-16(9-7-13)23(2)21/h3-10,18H,11H2,1-2H3. The molecule has 3 aromatic rings. The number of benzene rings is 2. The second-order valence-corrected chi connectivity index (χ2v) is 6.55. The Balaban J connectivity index is 1.69. The third-order valence-corrected chi connectivity index (χ3v) is 4.34. The van der Waals surface area contributed by atoms with Gasteiger partial charge in [-0.3, -0.25) is 4.21 Å². The van der Waals surface area contributed by atoms with Gasteiger partial charge in [0, 0.05) is 46.7 Å². The van der Waals surface area contributed by atoms with E-state index in [1.807, 2.05) is 48.5 Å². The maximum absolute atomic E-state index is 11.4. The minimum Gasteiger partial charge on any atom is -0.381 e. The van der Waals surface area contributed by atoms with Gasteiger partial charge in [0.1, 0.15) is 0 Å². The van der Waals surface area contributed by atoms with Crippen LogP contribution >= 0.6 is 0 Å². The van der Waals surface area contributed by atoms with Gasteiger partial charge in [0.2, 0.25) is 11.7 Å². The number of aryl methyl sites for hydroxylation is 1. The summed E-state index contributed by atoms with van der Waals surface area (Å²) in [5.74, 6) is 1.13. The van der Waals surface area contributed by atoms with E-state index in [0.29, 0.717) is 18.3 Å². The molecule has 0 aliphatic carbocycles. The molecule has 1 heterocycles. The number of anilines is 1. The van der Waals surface area contributed by atoms with Gasteiger partial charge >= 0.3 is 0 Å². The molecule has 0 aliphatic rings. The Morgan fingerprint density at radius 2 is 1.96 bits per heavy atom. The van der Waals surface area contributed by atoms with Crippen LogP contribution in [0.2, 0.25) is 0 Å². The number of aromatic nitrogens is 2. The van der Waals surface area contributed by atoms with E-state index >= 15 is 0 Å². The molecule has 3 rings (SSSR count). The first kappa shape index (κ1) is 15.4. The molecular formula is C17H17N3O2S. The Bertz CT molecular complexity index is 828. The van der Waals surface area contributed by atoms with Crippen LogP contribution < -0.4 is 5.32 Å². The topological polar surface area (TPSA) is 68.0 Å². The van der Waals surface area contributed by atoms with E-state index in [4.69, 9.17) is 4.52 Å². The smallest absolute Gasteiger partial charge is 0.223 e. The van der Waals surface area contributed by atoms with E-state index in [1.165, 1.54) is 0 Å². The number of hydrogen-bond acceptors (Lipinski definition) is 5. The van der Waals surface area contributed by atoms with Crippen LogP contribution in [0.5, 0.6) is 0 Å². The molecule has 1 aromatic heterocycles. The third-order valence-electron chi connectivity index (χ3n) is 3.40. The monoisotopic (exact) mass is 327 g/mol. The lowest BCUT2D eigenvalue weighted by atomic mass is 10.1. The minimum absolute atomic E-state index is 0.548. The summed E-state index contributed by atoms with van der Waals surface area (Å²) >= 11 is 0. The van der Waals surface area contributed by atoms with E-state index < -0.39 is 10.8 Å². The Hall–Kier alpha value is -2.47. The fourth-order valence-corrected chi connectivity index (χ4v) is 2.71. The first-order chi connectivity index (χ1) is 11.1. The summed E-state index contributed by atoms with van der Waals surface area (Å²) in [5.41, 5.74) is 3.01. The predicted octanol–water partition coefficient (Wildman–Crippen LogP) is 3.39. The molecule has 0 radical (unpaired) electrons. The normalized spacial score (nSPS) is 12.1. The highest BCUT2D eigenvalue weighted by Crippen LogP contribution is 2.20. The molecule has 0 amide bonds. The van der Waals surface area contributed by atoms with Crippen LogP contribution in [-0.2, 0) is 17.3 Å². The first-order valence-corrected chi connectivity index (χ1v) is 8.74. The van der Waals surface area contributed by atoms with E-state index in [2.05, 4.69) is 15.5 Å². The first-order valence-electron chi connectivity index (χ1n) is 7.19. The van der Waals surface area contributed by atoms with Crippen molar-refractivity contribution in [3.63, 3.8) is 0 Å². The van der Waals surface area contributed by atoms with Crippen molar-refractivity contribution in [2.75, 3.05) is 11.6 Å². The van der Waals surface area contributed by atoms with Crippen molar-refractivity contribution >= 4 is 16.5 Å². The SMILES string of the molecule is Cc1nc(-c2cccc(NCc3ccc(S(C)=O)cc3)c2)no1. The molecule has 0 aliphatic heterocycles. The number of nitrogens with one attached hydrogen (secondary N) is 1. The van der Waals surface area contributed by atoms with E-state index in [-0.39, 0.29) is 0 Å². The van der Waals surface area contributed by atoms with Crippen LogP contribution in [0.4, 0.5) is 5.69 Å². The molecule has 0 bridgehead atoms. The van der Waals surface area contributed by atoms with Crippen LogP contribution in [-0.4, -0.2) is 20.6 Å². The van der Waals surface area contributed by atoms with Gasteiger partial charge in [-0.15, -0.1) is 0 Å². The molecule has 1 unspecified atom stereocenters. The van der Waals surface area contributed by atoms with E-state index in [9.17, 15) is 4.21 Å². The Morgan fingerprint density at radius 1 is 1.17 bits per heavy atom. The van der Waals surface area contributed by atoms with Gasteiger partial charge in [0.25, 0.3) is 0 Å². The van der Waals surface area contributed by atoms with Gasteiger partial charge < -0.3 is 9.84 Å². The number of nitrogens with zero attached hydrogens (tertiary/aromatic N) is 2. The lowest BCUT2D eigenvalue weighted by Gasteiger charge is -2.08. The number of hydrogen-bond donors (Lipinski definition) is 1. The van der Waals surface area contributed by atoms with Crippen LogP contribution in [0, 0.1) is 6.92 Å². The summed E-state index contributed by atoms with van der Waals surface area (Å²) in [4.78, 5) is 5.07. The largest absolute Gasteiger partial charge is 0.381 e. The fraction of sp³-hybridized carbons (Fsp3) is 0.176.